The summed E-state index contributed by atoms with van der Waals surface area (Å²) in [6.07, 6.45) is 2.55. The Morgan fingerprint density at radius 2 is 1.77 bits per heavy atom. The lowest BCUT2D eigenvalue weighted by Crippen LogP contribution is -2.17. The van der Waals surface area contributed by atoms with Crippen LogP contribution in [-0.4, -0.2) is 31.0 Å². The van der Waals surface area contributed by atoms with Crippen LogP contribution in [0, 0.1) is 10.1 Å². The quantitative estimate of drug-likeness (QED) is 0.201. The zero-order valence-corrected chi connectivity index (χ0v) is 13.1. The summed E-state index contributed by atoms with van der Waals surface area (Å²) >= 11 is 0. The molecule has 0 heterocycles. The van der Waals surface area contributed by atoms with Crippen molar-refractivity contribution >= 4 is 11.4 Å². The highest BCUT2D eigenvalue weighted by molar-refractivity contribution is 5.43. The average molecular weight is 309 g/mol. The van der Waals surface area contributed by atoms with Crippen LogP contribution in [-0.2, 0) is 9.47 Å². The van der Waals surface area contributed by atoms with Gasteiger partial charge >= 0.3 is 0 Å². The van der Waals surface area contributed by atoms with Crippen molar-refractivity contribution in [2.24, 2.45) is 10.2 Å². The van der Waals surface area contributed by atoms with Crippen molar-refractivity contribution in [1.82, 2.24) is 0 Å². The number of ether oxygens (including phenoxy) is 2. The molecule has 0 amide bonds. The van der Waals surface area contributed by atoms with Gasteiger partial charge < -0.3 is 9.47 Å². The summed E-state index contributed by atoms with van der Waals surface area (Å²) in [5, 5.41) is 18.6. The van der Waals surface area contributed by atoms with E-state index in [-0.39, 0.29) is 12.0 Å². The number of hydrogen-bond acceptors (Lipinski definition) is 6. The molecule has 0 spiro atoms. The normalized spacial score (nSPS) is 11.4. The Morgan fingerprint density at radius 1 is 1.14 bits per heavy atom. The third-order valence-corrected chi connectivity index (χ3v) is 2.90. The molecule has 122 valence electrons. The first-order chi connectivity index (χ1) is 10.7. The van der Waals surface area contributed by atoms with Crippen molar-refractivity contribution in [2.45, 2.75) is 39.4 Å². The van der Waals surface area contributed by atoms with Gasteiger partial charge in [0.25, 0.3) is 5.69 Å². The maximum Gasteiger partial charge on any atom is 0.269 e. The van der Waals surface area contributed by atoms with Gasteiger partial charge in [0, 0.05) is 25.3 Å². The zero-order valence-electron chi connectivity index (χ0n) is 13.1. The standard InChI is InChI=1S/C15H23N3O4/c1-3-21-15(22-4-2)7-5-6-12-16-17-13-8-10-14(11-9-13)18(19)20/h8-11,15H,3-7,12H2,1-2H3. The van der Waals surface area contributed by atoms with E-state index in [2.05, 4.69) is 10.2 Å². The largest absolute Gasteiger partial charge is 0.353 e. The maximum absolute atomic E-state index is 10.5. The molecular weight excluding hydrogens is 286 g/mol. The van der Waals surface area contributed by atoms with Gasteiger partial charge in [-0.25, -0.2) is 0 Å². The van der Waals surface area contributed by atoms with Gasteiger partial charge in [0.1, 0.15) is 0 Å². The molecule has 7 heteroatoms. The second-order valence-electron chi connectivity index (χ2n) is 4.57. The Balaban J connectivity index is 2.24. The molecule has 0 fully saturated rings. The Kier molecular flexibility index (Phi) is 8.94. The van der Waals surface area contributed by atoms with Gasteiger partial charge in [0.05, 0.1) is 17.2 Å². The number of azo groups is 1. The van der Waals surface area contributed by atoms with Gasteiger partial charge in [-0.05, 0) is 45.2 Å². The van der Waals surface area contributed by atoms with Crippen molar-refractivity contribution < 1.29 is 14.4 Å². The minimum absolute atomic E-state index is 0.0526. The van der Waals surface area contributed by atoms with Crippen LogP contribution in [0.5, 0.6) is 0 Å². The molecule has 0 saturated heterocycles. The van der Waals surface area contributed by atoms with E-state index >= 15 is 0 Å². The lowest BCUT2D eigenvalue weighted by molar-refractivity contribution is -0.384. The summed E-state index contributed by atoms with van der Waals surface area (Å²) in [5.74, 6) is 0. The summed E-state index contributed by atoms with van der Waals surface area (Å²) in [6, 6.07) is 6.01. The number of nitro benzene ring substituents is 1. The van der Waals surface area contributed by atoms with Crippen LogP contribution in [0.1, 0.15) is 33.1 Å². The van der Waals surface area contributed by atoms with Gasteiger partial charge in [0.2, 0.25) is 0 Å². The number of rotatable bonds is 11. The van der Waals surface area contributed by atoms with E-state index < -0.39 is 4.92 Å². The minimum Gasteiger partial charge on any atom is -0.353 e. The molecule has 0 aliphatic carbocycles. The second-order valence-corrected chi connectivity index (χ2v) is 4.57. The van der Waals surface area contributed by atoms with Gasteiger partial charge in [0.15, 0.2) is 6.29 Å². The Bertz CT molecular complexity index is 456. The van der Waals surface area contributed by atoms with E-state index in [4.69, 9.17) is 9.47 Å². The third kappa shape index (κ3) is 7.24. The van der Waals surface area contributed by atoms with Crippen LogP contribution >= 0.6 is 0 Å². The van der Waals surface area contributed by atoms with Crippen LogP contribution in [0.3, 0.4) is 0 Å². The van der Waals surface area contributed by atoms with Gasteiger partial charge in [-0.15, -0.1) is 0 Å². The number of benzene rings is 1. The van der Waals surface area contributed by atoms with Crippen molar-refractivity contribution in [3.8, 4) is 0 Å². The van der Waals surface area contributed by atoms with Crippen molar-refractivity contribution in [3.63, 3.8) is 0 Å². The van der Waals surface area contributed by atoms with E-state index in [1.165, 1.54) is 12.1 Å². The SMILES string of the molecule is CCOC(CCCCN=Nc1ccc([N+](=O)[O-])cc1)OCC. The predicted molar refractivity (Wildman–Crippen MR) is 83.4 cm³/mol. The number of nitrogens with zero attached hydrogens (tertiary/aromatic N) is 3. The molecule has 1 aromatic carbocycles. The second kappa shape index (κ2) is 10.8. The fourth-order valence-corrected chi connectivity index (χ4v) is 1.85. The van der Waals surface area contributed by atoms with Crippen LogP contribution in [0.2, 0.25) is 0 Å². The summed E-state index contributed by atoms with van der Waals surface area (Å²) in [6.45, 7) is 5.80. The fraction of sp³-hybridized carbons (Fsp3) is 0.600. The monoisotopic (exact) mass is 309 g/mol. The Labute approximate surface area is 130 Å². The van der Waals surface area contributed by atoms with E-state index in [1.54, 1.807) is 12.1 Å². The molecule has 7 nitrogen and oxygen atoms in total. The molecule has 0 radical (unpaired) electrons. The van der Waals surface area contributed by atoms with Gasteiger partial charge in [-0.3, -0.25) is 10.1 Å². The molecule has 0 saturated carbocycles. The molecular formula is C15H23N3O4. The fourth-order valence-electron chi connectivity index (χ4n) is 1.85. The lowest BCUT2D eigenvalue weighted by atomic mass is 10.2. The molecule has 1 aromatic rings. The number of hydrogen-bond donors (Lipinski definition) is 0. The van der Waals surface area contributed by atoms with Crippen LogP contribution in [0.15, 0.2) is 34.5 Å². The van der Waals surface area contributed by atoms with E-state index in [9.17, 15) is 10.1 Å². The summed E-state index contributed by atoms with van der Waals surface area (Å²) in [4.78, 5) is 10.1. The maximum atomic E-state index is 10.5. The summed E-state index contributed by atoms with van der Waals surface area (Å²) < 4.78 is 10.9. The molecule has 1 rings (SSSR count). The first-order valence-corrected chi connectivity index (χ1v) is 7.52. The Morgan fingerprint density at radius 3 is 2.32 bits per heavy atom. The number of non-ortho nitro benzene ring substituents is 1. The summed E-state index contributed by atoms with van der Waals surface area (Å²) in [5.41, 5.74) is 0.670. The Hall–Kier alpha value is -1.86. The molecule has 0 bridgehead atoms. The zero-order chi connectivity index (χ0) is 16.2. The van der Waals surface area contributed by atoms with Gasteiger partial charge in [-0.2, -0.15) is 10.2 Å². The number of unbranched alkanes of at least 4 members (excludes halogenated alkanes) is 1. The van der Waals surface area contributed by atoms with Crippen molar-refractivity contribution in [3.05, 3.63) is 34.4 Å². The minimum atomic E-state index is -0.436. The topological polar surface area (TPSA) is 86.3 Å². The predicted octanol–water partition coefficient (Wildman–Crippen LogP) is 4.25. The summed E-state index contributed by atoms with van der Waals surface area (Å²) in [7, 11) is 0. The molecule has 0 atom stereocenters. The molecule has 22 heavy (non-hydrogen) atoms. The van der Waals surface area contributed by atoms with Crippen LogP contribution in [0.4, 0.5) is 11.4 Å². The van der Waals surface area contributed by atoms with Crippen molar-refractivity contribution in [1.29, 1.82) is 0 Å². The molecule has 0 unspecified atom stereocenters. The first kappa shape index (κ1) is 18.2. The average Bonchev–Trinajstić information content (AvgIpc) is 2.51. The highest BCUT2D eigenvalue weighted by atomic mass is 16.7. The molecule has 0 aliphatic heterocycles. The molecule has 0 N–H and O–H groups in total. The lowest BCUT2D eigenvalue weighted by Gasteiger charge is -2.16. The van der Waals surface area contributed by atoms with Crippen molar-refractivity contribution in [2.75, 3.05) is 19.8 Å². The van der Waals surface area contributed by atoms with E-state index in [1.807, 2.05) is 13.8 Å². The van der Waals surface area contributed by atoms with Gasteiger partial charge in [-0.1, -0.05) is 0 Å². The van der Waals surface area contributed by atoms with Crippen LogP contribution < -0.4 is 0 Å². The van der Waals surface area contributed by atoms with E-state index in [0.29, 0.717) is 25.4 Å². The highest BCUT2D eigenvalue weighted by Crippen LogP contribution is 2.18. The number of nitro groups is 1. The molecule has 0 aliphatic rings. The van der Waals surface area contributed by atoms with Crippen LogP contribution in [0.25, 0.3) is 0 Å². The molecule has 0 aromatic heterocycles. The smallest absolute Gasteiger partial charge is 0.269 e. The first-order valence-electron chi connectivity index (χ1n) is 7.52. The van der Waals surface area contributed by atoms with E-state index in [0.717, 1.165) is 19.3 Å². The highest BCUT2D eigenvalue weighted by Gasteiger charge is 2.06. The third-order valence-electron chi connectivity index (χ3n) is 2.90.